The largest absolute Gasteiger partial charge is 0.481 e. The van der Waals surface area contributed by atoms with Gasteiger partial charge in [0.05, 0.1) is 12.5 Å². The van der Waals surface area contributed by atoms with Gasteiger partial charge in [0.1, 0.15) is 6.04 Å². The van der Waals surface area contributed by atoms with Crippen molar-refractivity contribution in [2.45, 2.75) is 50.6 Å². The van der Waals surface area contributed by atoms with Crippen LogP contribution in [-0.2, 0) is 9.59 Å². The van der Waals surface area contributed by atoms with E-state index in [2.05, 4.69) is 5.32 Å². The molecule has 1 atom stereocenters. The second kappa shape index (κ2) is 8.09. The minimum atomic E-state index is -1.19. The number of amides is 2. The number of carboxylic acids is 2. The monoisotopic (exact) mass is 297 g/mol. The van der Waals surface area contributed by atoms with Crippen LogP contribution in [0.1, 0.15) is 38.5 Å². The summed E-state index contributed by atoms with van der Waals surface area (Å²) in [6.45, 7) is 0.272. The van der Waals surface area contributed by atoms with E-state index in [-0.39, 0.29) is 38.3 Å². The van der Waals surface area contributed by atoms with Crippen LogP contribution in [0.15, 0.2) is 0 Å². The van der Waals surface area contributed by atoms with Crippen LogP contribution in [0.25, 0.3) is 0 Å². The number of aliphatic carboxylic acids is 2. The van der Waals surface area contributed by atoms with Gasteiger partial charge in [-0.25, -0.2) is 9.59 Å². The van der Waals surface area contributed by atoms with E-state index in [1.807, 2.05) is 6.07 Å². The molecule has 0 bridgehead atoms. The molecule has 0 aromatic heterocycles. The topological polar surface area (TPSA) is 131 Å². The lowest BCUT2D eigenvalue weighted by atomic mass is 10.1. The molecule has 0 heterocycles. The fraction of sp³-hybridized carbons (Fsp3) is 0.692. The molecule has 2 amide bonds. The fourth-order valence-corrected chi connectivity index (χ4v) is 1.95. The van der Waals surface area contributed by atoms with Gasteiger partial charge in [0.15, 0.2) is 0 Å². The van der Waals surface area contributed by atoms with Crippen molar-refractivity contribution in [1.29, 1.82) is 5.26 Å². The molecule has 116 valence electrons. The van der Waals surface area contributed by atoms with Gasteiger partial charge >= 0.3 is 18.0 Å². The predicted octanol–water partition coefficient (Wildman–Crippen LogP) is 0.782. The van der Waals surface area contributed by atoms with Gasteiger partial charge in [0.2, 0.25) is 0 Å². The second-order valence-electron chi connectivity index (χ2n) is 4.96. The minimum absolute atomic E-state index is 0.0597. The Kier molecular flexibility index (Phi) is 6.46. The Hall–Kier alpha value is -2.30. The summed E-state index contributed by atoms with van der Waals surface area (Å²) in [5.74, 6) is -2.19. The van der Waals surface area contributed by atoms with E-state index in [1.165, 1.54) is 4.90 Å². The van der Waals surface area contributed by atoms with Gasteiger partial charge in [-0.2, -0.15) is 5.26 Å². The van der Waals surface area contributed by atoms with Crippen LogP contribution in [0.4, 0.5) is 4.79 Å². The molecule has 1 aliphatic carbocycles. The first-order chi connectivity index (χ1) is 9.95. The van der Waals surface area contributed by atoms with Crippen LogP contribution in [-0.4, -0.2) is 51.7 Å². The van der Waals surface area contributed by atoms with Crippen LogP contribution in [0, 0.1) is 11.3 Å². The summed E-state index contributed by atoms with van der Waals surface area (Å²) in [4.78, 5) is 35.1. The lowest BCUT2D eigenvalue weighted by Gasteiger charge is -2.24. The van der Waals surface area contributed by atoms with E-state index >= 15 is 0 Å². The Morgan fingerprint density at radius 1 is 1.33 bits per heavy atom. The number of hydrogen-bond donors (Lipinski definition) is 3. The standard InChI is InChI=1S/C13H19N3O5/c14-7-2-8-16(9-5-6-9)13(21)15-10(12(19)20)3-1-4-11(17)18/h9-10H,1-6,8H2,(H,15,21)(H,17,18)(H,19,20)/t10-/m1/s1. The highest BCUT2D eigenvalue weighted by molar-refractivity contribution is 5.83. The molecule has 1 aliphatic rings. The predicted molar refractivity (Wildman–Crippen MR) is 71.4 cm³/mol. The Morgan fingerprint density at radius 3 is 2.48 bits per heavy atom. The van der Waals surface area contributed by atoms with Crippen LogP contribution < -0.4 is 5.32 Å². The number of carbonyl (C=O) groups is 3. The van der Waals surface area contributed by atoms with Gasteiger partial charge in [-0.1, -0.05) is 0 Å². The number of nitriles is 1. The molecule has 8 nitrogen and oxygen atoms in total. The van der Waals surface area contributed by atoms with Crippen LogP contribution in [0.5, 0.6) is 0 Å². The lowest BCUT2D eigenvalue weighted by Crippen LogP contribution is -2.49. The molecule has 0 unspecified atom stereocenters. The van der Waals surface area contributed by atoms with Crippen molar-refractivity contribution in [2.75, 3.05) is 6.54 Å². The van der Waals surface area contributed by atoms with Gasteiger partial charge in [0, 0.05) is 19.0 Å². The molecule has 0 radical (unpaired) electrons. The van der Waals surface area contributed by atoms with E-state index in [9.17, 15) is 14.4 Å². The van der Waals surface area contributed by atoms with Gasteiger partial charge in [-0.05, 0) is 25.7 Å². The van der Waals surface area contributed by atoms with Crippen molar-refractivity contribution in [1.82, 2.24) is 10.2 Å². The lowest BCUT2D eigenvalue weighted by molar-refractivity contribution is -0.140. The highest BCUT2D eigenvalue weighted by Gasteiger charge is 2.33. The molecule has 8 heteroatoms. The molecule has 3 N–H and O–H groups in total. The van der Waals surface area contributed by atoms with Crippen molar-refractivity contribution in [3.05, 3.63) is 0 Å². The molecule has 21 heavy (non-hydrogen) atoms. The van der Waals surface area contributed by atoms with Gasteiger partial charge < -0.3 is 20.4 Å². The zero-order valence-corrected chi connectivity index (χ0v) is 11.6. The summed E-state index contributed by atoms with van der Waals surface area (Å²) >= 11 is 0. The van der Waals surface area contributed by atoms with Gasteiger partial charge in [-0.15, -0.1) is 0 Å². The third-order valence-corrected chi connectivity index (χ3v) is 3.19. The average Bonchev–Trinajstić information content (AvgIpc) is 3.22. The molecule has 1 fully saturated rings. The van der Waals surface area contributed by atoms with E-state index < -0.39 is 24.0 Å². The molecular formula is C13H19N3O5. The van der Waals surface area contributed by atoms with Crippen molar-refractivity contribution < 1.29 is 24.6 Å². The summed E-state index contributed by atoms with van der Waals surface area (Å²) < 4.78 is 0. The first-order valence-electron chi connectivity index (χ1n) is 6.84. The average molecular weight is 297 g/mol. The molecule has 0 saturated heterocycles. The van der Waals surface area contributed by atoms with Crippen LogP contribution >= 0.6 is 0 Å². The summed E-state index contributed by atoms with van der Waals surface area (Å²) in [7, 11) is 0. The maximum Gasteiger partial charge on any atom is 0.326 e. The third kappa shape index (κ3) is 6.12. The second-order valence-corrected chi connectivity index (χ2v) is 4.96. The Labute approximate surface area is 122 Å². The SMILES string of the molecule is N#CCCN(C(=O)N[C@H](CCCC(=O)O)C(=O)O)C1CC1. The number of rotatable bonds is 9. The summed E-state index contributed by atoms with van der Waals surface area (Å²) in [5.41, 5.74) is 0. The number of carboxylic acid groups (broad SMARTS) is 2. The van der Waals surface area contributed by atoms with Crippen molar-refractivity contribution >= 4 is 18.0 Å². The molecular weight excluding hydrogens is 278 g/mol. The minimum Gasteiger partial charge on any atom is -0.481 e. The number of urea groups is 1. The number of carbonyl (C=O) groups excluding carboxylic acids is 1. The number of hydrogen-bond acceptors (Lipinski definition) is 4. The van der Waals surface area contributed by atoms with E-state index in [0.717, 1.165) is 12.8 Å². The van der Waals surface area contributed by atoms with Gasteiger partial charge in [-0.3, -0.25) is 4.79 Å². The molecule has 1 saturated carbocycles. The first kappa shape index (κ1) is 16.8. The molecule has 0 aromatic carbocycles. The van der Waals surface area contributed by atoms with Crippen molar-refractivity contribution in [2.24, 2.45) is 0 Å². The third-order valence-electron chi connectivity index (χ3n) is 3.19. The molecule has 0 spiro atoms. The zero-order valence-electron chi connectivity index (χ0n) is 11.6. The molecule has 0 aromatic rings. The Morgan fingerprint density at radius 2 is 2.00 bits per heavy atom. The van der Waals surface area contributed by atoms with E-state index in [0.29, 0.717) is 0 Å². The Balaban J connectivity index is 2.51. The van der Waals surface area contributed by atoms with Crippen molar-refractivity contribution in [3.8, 4) is 6.07 Å². The number of nitrogens with zero attached hydrogens (tertiary/aromatic N) is 2. The normalized spacial score (nSPS) is 14.8. The van der Waals surface area contributed by atoms with E-state index in [4.69, 9.17) is 15.5 Å². The quantitative estimate of drug-likeness (QED) is 0.576. The maximum atomic E-state index is 12.1. The summed E-state index contributed by atoms with van der Waals surface area (Å²) in [6, 6.07) is 0.416. The van der Waals surface area contributed by atoms with Crippen LogP contribution in [0.2, 0.25) is 0 Å². The smallest absolute Gasteiger partial charge is 0.326 e. The molecule has 1 rings (SSSR count). The van der Waals surface area contributed by atoms with E-state index in [1.54, 1.807) is 0 Å². The Bertz CT molecular complexity index is 442. The highest BCUT2D eigenvalue weighted by atomic mass is 16.4. The molecule has 0 aliphatic heterocycles. The van der Waals surface area contributed by atoms with Crippen LogP contribution in [0.3, 0.4) is 0 Å². The number of nitrogens with one attached hydrogen (secondary N) is 1. The maximum absolute atomic E-state index is 12.1. The highest BCUT2D eigenvalue weighted by Crippen LogP contribution is 2.27. The summed E-state index contributed by atoms with van der Waals surface area (Å²) in [6.07, 6.45) is 2.00. The fourth-order valence-electron chi connectivity index (χ4n) is 1.95. The van der Waals surface area contributed by atoms with Crippen molar-refractivity contribution in [3.63, 3.8) is 0 Å². The summed E-state index contributed by atoms with van der Waals surface area (Å²) in [5, 5.41) is 28.6. The van der Waals surface area contributed by atoms with Gasteiger partial charge in [0.25, 0.3) is 0 Å². The zero-order chi connectivity index (χ0) is 15.8. The first-order valence-corrected chi connectivity index (χ1v) is 6.84.